The van der Waals surface area contributed by atoms with Gasteiger partial charge in [0, 0.05) is 18.7 Å². The lowest BCUT2D eigenvalue weighted by atomic mass is 10.00. The van der Waals surface area contributed by atoms with Gasteiger partial charge in [-0.15, -0.1) is 0 Å². The van der Waals surface area contributed by atoms with Crippen molar-refractivity contribution in [3.63, 3.8) is 0 Å². The Balaban J connectivity index is 1.68. The lowest BCUT2D eigenvalue weighted by molar-refractivity contribution is -0.136. The molecule has 2 rings (SSSR count). The minimum Gasteiger partial charge on any atom is -0.376 e. The van der Waals surface area contributed by atoms with Crippen molar-refractivity contribution in [2.75, 3.05) is 19.8 Å². The van der Waals surface area contributed by atoms with E-state index in [4.69, 9.17) is 9.47 Å². The zero-order valence-electron chi connectivity index (χ0n) is 12.7. The van der Waals surface area contributed by atoms with Crippen LogP contribution < -0.4 is 10.6 Å². The number of carbonyl (C=O) groups is 1. The highest BCUT2D eigenvalue weighted by Gasteiger charge is 2.25. The molecule has 2 aliphatic heterocycles. The minimum absolute atomic E-state index is 0.0126. The van der Waals surface area contributed by atoms with Crippen LogP contribution in [0.4, 0.5) is 0 Å². The van der Waals surface area contributed by atoms with Crippen molar-refractivity contribution in [3.05, 3.63) is 0 Å². The summed E-state index contributed by atoms with van der Waals surface area (Å²) in [4.78, 5) is 12.1. The second kappa shape index (κ2) is 7.96. The van der Waals surface area contributed by atoms with Crippen molar-refractivity contribution in [1.29, 1.82) is 0 Å². The number of piperidine rings is 1. The summed E-state index contributed by atoms with van der Waals surface area (Å²) in [5, 5.41) is 6.47. The summed E-state index contributed by atoms with van der Waals surface area (Å²) in [6.07, 6.45) is 5.28. The topological polar surface area (TPSA) is 59.6 Å². The van der Waals surface area contributed by atoms with E-state index in [0.29, 0.717) is 12.6 Å². The van der Waals surface area contributed by atoms with E-state index in [-0.39, 0.29) is 18.1 Å². The number of carbonyl (C=O) groups excluding carboxylic acids is 1. The number of hydrogen-bond donors (Lipinski definition) is 2. The fourth-order valence-corrected chi connectivity index (χ4v) is 2.81. The zero-order chi connectivity index (χ0) is 14.4. The predicted octanol–water partition coefficient (Wildman–Crippen LogP) is 1.22. The highest BCUT2D eigenvalue weighted by Crippen LogP contribution is 2.14. The van der Waals surface area contributed by atoms with E-state index < -0.39 is 6.10 Å². The molecular formula is C15H28N2O3. The maximum absolute atomic E-state index is 12.1. The Hall–Kier alpha value is -0.650. The molecule has 2 N–H and O–H groups in total. The Kier molecular flexibility index (Phi) is 6.26. The standard InChI is InChI=1S/C15H28N2O3/c1-11-14(7-5-8-16-11)17-15(18)12(2)20-10-13-6-3-4-9-19-13/h11-14,16H,3-10H2,1-2H3,(H,17,18). The van der Waals surface area contributed by atoms with Gasteiger partial charge in [0.1, 0.15) is 6.10 Å². The van der Waals surface area contributed by atoms with Gasteiger partial charge in [-0.25, -0.2) is 0 Å². The van der Waals surface area contributed by atoms with Gasteiger partial charge in [0.25, 0.3) is 0 Å². The van der Waals surface area contributed by atoms with Crippen LogP contribution in [0.3, 0.4) is 0 Å². The molecule has 116 valence electrons. The maximum Gasteiger partial charge on any atom is 0.249 e. The van der Waals surface area contributed by atoms with E-state index in [2.05, 4.69) is 17.6 Å². The first-order valence-corrected chi connectivity index (χ1v) is 7.94. The van der Waals surface area contributed by atoms with Gasteiger partial charge in [0.05, 0.1) is 12.7 Å². The average Bonchev–Trinajstić information content (AvgIpc) is 2.48. The molecule has 0 aromatic heterocycles. The molecule has 0 aliphatic carbocycles. The molecular weight excluding hydrogens is 256 g/mol. The van der Waals surface area contributed by atoms with E-state index >= 15 is 0 Å². The summed E-state index contributed by atoms with van der Waals surface area (Å²) in [6, 6.07) is 0.551. The molecule has 20 heavy (non-hydrogen) atoms. The molecule has 0 spiro atoms. The number of ether oxygens (including phenoxy) is 2. The Morgan fingerprint density at radius 3 is 2.95 bits per heavy atom. The van der Waals surface area contributed by atoms with Gasteiger partial charge in [-0.2, -0.15) is 0 Å². The Labute approximate surface area is 121 Å². The van der Waals surface area contributed by atoms with E-state index in [1.807, 2.05) is 6.92 Å². The first kappa shape index (κ1) is 15.7. The summed E-state index contributed by atoms with van der Waals surface area (Å²) < 4.78 is 11.3. The predicted molar refractivity (Wildman–Crippen MR) is 77.6 cm³/mol. The molecule has 0 aromatic carbocycles. The molecule has 4 unspecified atom stereocenters. The van der Waals surface area contributed by atoms with E-state index in [1.54, 1.807) is 0 Å². The summed E-state index contributed by atoms with van der Waals surface area (Å²) in [5.74, 6) is -0.0126. The molecule has 2 saturated heterocycles. The van der Waals surface area contributed by atoms with Crippen LogP contribution in [0.1, 0.15) is 46.0 Å². The van der Waals surface area contributed by atoms with Crippen LogP contribution in [-0.2, 0) is 14.3 Å². The van der Waals surface area contributed by atoms with Crippen LogP contribution >= 0.6 is 0 Å². The molecule has 5 nitrogen and oxygen atoms in total. The molecule has 2 aliphatic rings. The molecule has 0 bridgehead atoms. The second-order valence-corrected chi connectivity index (χ2v) is 5.96. The van der Waals surface area contributed by atoms with Crippen molar-refractivity contribution in [3.8, 4) is 0 Å². The van der Waals surface area contributed by atoms with E-state index in [0.717, 1.165) is 38.8 Å². The SMILES string of the molecule is CC(OCC1CCCCO1)C(=O)NC1CCCNC1C. The Bertz CT molecular complexity index is 305. The quantitative estimate of drug-likeness (QED) is 0.797. The van der Waals surface area contributed by atoms with Crippen LogP contribution in [0.5, 0.6) is 0 Å². The third kappa shape index (κ3) is 4.72. The number of amides is 1. The summed E-state index contributed by atoms with van der Waals surface area (Å²) in [6.45, 7) is 6.32. The average molecular weight is 284 g/mol. The van der Waals surface area contributed by atoms with Gasteiger partial charge in [-0.05, 0) is 52.5 Å². The van der Waals surface area contributed by atoms with E-state index in [9.17, 15) is 4.79 Å². The smallest absolute Gasteiger partial charge is 0.249 e. The van der Waals surface area contributed by atoms with Crippen LogP contribution in [0.25, 0.3) is 0 Å². The van der Waals surface area contributed by atoms with Gasteiger partial charge in [-0.1, -0.05) is 0 Å². The normalized spacial score (nSPS) is 32.6. The molecule has 2 fully saturated rings. The van der Waals surface area contributed by atoms with Crippen molar-refractivity contribution in [2.45, 2.75) is 70.2 Å². The molecule has 5 heteroatoms. The van der Waals surface area contributed by atoms with Crippen LogP contribution in [0, 0.1) is 0 Å². The van der Waals surface area contributed by atoms with Crippen molar-refractivity contribution in [2.24, 2.45) is 0 Å². The summed E-state index contributed by atoms with van der Waals surface area (Å²) in [7, 11) is 0. The molecule has 0 radical (unpaired) electrons. The van der Waals surface area contributed by atoms with Gasteiger partial charge < -0.3 is 20.1 Å². The fourth-order valence-electron chi connectivity index (χ4n) is 2.81. The first-order valence-electron chi connectivity index (χ1n) is 7.94. The Morgan fingerprint density at radius 2 is 2.25 bits per heavy atom. The van der Waals surface area contributed by atoms with Crippen LogP contribution in [0.2, 0.25) is 0 Å². The number of rotatable bonds is 5. The summed E-state index contributed by atoms with van der Waals surface area (Å²) >= 11 is 0. The highest BCUT2D eigenvalue weighted by atomic mass is 16.5. The van der Waals surface area contributed by atoms with Gasteiger partial charge >= 0.3 is 0 Å². The molecule has 0 saturated carbocycles. The molecule has 4 atom stereocenters. The van der Waals surface area contributed by atoms with E-state index in [1.165, 1.54) is 6.42 Å². The lowest BCUT2D eigenvalue weighted by Gasteiger charge is -2.31. The van der Waals surface area contributed by atoms with Crippen molar-refractivity contribution in [1.82, 2.24) is 10.6 Å². The van der Waals surface area contributed by atoms with Crippen molar-refractivity contribution < 1.29 is 14.3 Å². The van der Waals surface area contributed by atoms with Crippen molar-refractivity contribution >= 4 is 5.91 Å². The van der Waals surface area contributed by atoms with Crippen LogP contribution in [-0.4, -0.2) is 50.0 Å². The number of hydrogen-bond acceptors (Lipinski definition) is 4. The molecule has 0 aromatic rings. The monoisotopic (exact) mass is 284 g/mol. The number of nitrogens with one attached hydrogen (secondary N) is 2. The molecule has 2 heterocycles. The minimum atomic E-state index is -0.408. The zero-order valence-corrected chi connectivity index (χ0v) is 12.7. The van der Waals surface area contributed by atoms with Gasteiger partial charge in [-0.3, -0.25) is 4.79 Å². The fraction of sp³-hybridized carbons (Fsp3) is 0.933. The Morgan fingerprint density at radius 1 is 1.40 bits per heavy atom. The highest BCUT2D eigenvalue weighted by molar-refractivity contribution is 5.80. The lowest BCUT2D eigenvalue weighted by Crippen LogP contribution is -2.54. The van der Waals surface area contributed by atoms with Gasteiger partial charge in [0.2, 0.25) is 5.91 Å². The second-order valence-electron chi connectivity index (χ2n) is 5.96. The van der Waals surface area contributed by atoms with Gasteiger partial charge in [0.15, 0.2) is 0 Å². The summed E-state index contributed by atoms with van der Waals surface area (Å²) in [5.41, 5.74) is 0. The third-order valence-corrected chi connectivity index (χ3v) is 4.26. The maximum atomic E-state index is 12.1. The largest absolute Gasteiger partial charge is 0.376 e. The van der Waals surface area contributed by atoms with Crippen LogP contribution in [0.15, 0.2) is 0 Å². The molecule has 1 amide bonds. The third-order valence-electron chi connectivity index (χ3n) is 4.26. The first-order chi connectivity index (χ1) is 9.66.